The van der Waals surface area contributed by atoms with Crippen molar-refractivity contribution < 1.29 is 0 Å². The van der Waals surface area contributed by atoms with E-state index in [1.54, 1.807) is 0 Å². The number of nitrogens with one attached hydrogen (secondary N) is 1. The maximum atomic E-state index is 4.23. The Labute approximate surface area is 84.4 Å². The van der Waals surface area contributed by atoms with Crippen molar-refractivity contribution in [3.8, 4) is 0 Å². The lowest BCUT2D eigenvalue weighted by Gasteiger charge is -2.06. The van der Waals surface area contributed by atoms with Gasteiger partial charge < -0.3 is 5.32 Å². The Bertz CT molecular complexity index is 243. The van der Waals surface area contributed by atoms with Gasteiger partial charge in [0.25, 0.3) is 0 Å². The SMILES string of the molecule is Cc1ncc(CCCNC(C)C)s1. The van der Waals surface area contributed by atoms with Gasteiger partial charge in [0.15, 0.2) is 0 Å². The molecule has 0 saturated carbocycles. The lowest BCUT2D eigenvalue weighted by atomic mass is 10.2. The number of thiazole rings is 1. The summed E-state index contributed by atoms with van der Waals surface area (Å²) < 4.78 is 0. The van der Waals surface area contributed by atoms with Crippen molar-refractivity contribution in [2.75, 3.05) is 6.54 Å². The van der Waals surface area contributed by atoms with Crippen LogP contribution in [-0.2, 0) is 6.42 Å². The summed E-state index contributed by atoms with van der Waals surface area (Å²) in [4.78, 5) is 5.63. The molecule has 1 rings (SSSR count). The Morgan fingerprint density at radius 2 is 2.31 bits per heavy atom. The molecule has 0 amide bonds. The summed E-state index contributed by atoms with van der Waals surface area (Å²) >= 11 is 1.81. The van der Waals surface area contributed by atoms with E-state index in [1.807, 2.05) is 17.5 Å². The second kappa shape index (κ2) is 5.35. The fourth-order valence-electron chi connectivity index (χ4n) is 1.17. The third-order valence-electron chi connectivity index (χ3n) is 1.82. The molecule has 1 N–H and O–H groups in total. The Balaban J connectivity index is 2.13. The monoisotopic (exact) mass is 198 g/mol. The van der Waals surface area contributed by atoms with E-state index < -0.39 is 0 Å². The molecule has 0 saturated heterocycles. The quantitative estimate of drug-likeness (QED) is 0.735. The van der Waals surface area contributed by atoms with Crippen LogP contribution in [0.1, 0.15) is 30.2 Å². The van der Waals surface area contributed by atoms with E-state index in [9.17, 15) is 0 Å². The summed E-state index contributed by atoms with van der Waals surface area (Å²) in [5, 5.41) is 4.58. The van der Waals surface area contributed by atoms with E-state index in [1.165, 1.54) is 16.3 Å². The molecule has 0 unspecified atom stereocenters. The molecule has 0 fully saturated rings. The molecule has 0 aliphatic heterocycles. The lowest BCUT2D eigenvalue weighted by molar-refractivity contribution is 0.571. The number of aryl methyl sites for hydroxylation is 2. The summed E-state index contributed by atoms with van der Waals surface area (Å²) in [6, 6.07) is 0.600. The molecule has 0 aliphatic rings. The molecule has 2 nitrogen and oxygen atoms in total. The summed E-state index contributed by atoms with van der Waals surface area (Å²) in [6.07, 6.45) is 4.36. The van der Waals surface area contributed by atoms with Crippen molar-refractivity contribution in [2.24, 2.45) is 0 Å². The van der Waals surface area contributed by atoms with Gasteiger partial charge in [0.05, 0.1) is 5.01 Å². The number of hydrogen-bond donors (Lipinski definition) is 1. The fourth-order valence-corrected chi connectivity index (χ4v) is 2.01. The molecule has 0 aliphatic carbocycles. The Hall–Kier alpha value is -0.410. The molecule has 0 bridgehead atoms. The van der Waals surface area contributed by atoms with Gasteiger partial charge in [-0.25, -0.2) is 4.98 Å². The molecule has 1 heterocycles. The molecule has 0 atom stereocenters. The van der Waals surface area contributed by atoms with Crippen molar-refractivity contribution in [3.63, 3.8) is 0 Å². The molecule has 74 valence electrons. The van der Waals surface area contributed by atoms with Gasteiger partial charge in [-0.05, 0) is 26.3 Å². The third-order valence-corrected chi connectivity index (χ3v) is 2.79. The van der Waals surface area contributed by atoms with Gasteiger partial charge in [-0.3, -0.25) is 0 Å². The highest BCUT2D eigenvalue weighted by Crippen LogP contribution is 2.12. The van der Waals surface area contributed by atoms with Gasteiger partial charge in [-0.2, -0.15) is 0 Å². The van der Waals surface area contributed by atoms with E-state index in [0.717, 1.165) is 13.0 Å². The first-order valence-corrected chi connectivity index (χ1v) is 5.65. The fraction of sp³-hybridized carbons (Fsp3) is 0.700. The Morgan fingerprint density at radius 3 is 2.85 bits per heavy atom. The molecule has 1 aromatic rings. The molecular formula is C10H18N2S. The van der Waals surface area contributed by atoms with Crippen LogP contribution in [0.2, 0.25) is 0 Å². The van der Waals surface area contributed by atoms with Crippen LogP contribution in [0.5, 0.6) is 0 Å². The predicted octanol–water partition coefficient (Wildman–Crippen LogP) is 2.38. The van der Waals surface area contributed by atoms with Crippen LogP contribution < -0.4 is 5.32 Å². The highest BCUT2D eigenvalue weighted by molar-refractivity contribution is 7.11. The minimum atomic E-state index is 0.600. The zero-order chi connectivity index (χ0) is 9.68. The van der Waals surface area contributed by atoms with Crippen molar-refractivity contribution in [1.29, 1.82) is 0 Å². The summed E-state index contributed by atoms with van der Waals surface area (Å²) in [7, 11) is 0. The number of hydrogen-bond acceptors (Lipinski definition) is 3. The van der Waals surface area contributed by atoms with Crippen molar-refractivity contribution >= 4 is 11.3 Å². The summed E-state index contributed by atoms with van der Waals surface area (Å²) in [5.41, 5.74) is 0. The zero-order valence-electron chi connectivity index (χ0n) is 8.63. The van der Waals surface area contributed by atoms with Crippen LogP contribution >= 0.6 is 11.3 Å². The number of nitrogens with zero attached hydrogens (tertiary/aromatic N) is 1. The van der Waals surface area contributed by atoms with E-state index >= 15 is 0 Å². The molecule has 0 spiro atoms. The van der Waals surface area contributed by atoms with Gasteiger partial charge in [0.2, 0.25) is 0 Å². The Morgan fingerprint density at radius 1 is 1.54 bits per heavy atom. The maximum Gasteiger partial charge on any atom is 0.0896 e. The molecule has 0 radical (unpaired) electrons. The van der Waals surface area contributed by atoms with Crippen molar-refractivity contribution in [1.82, 2.24) is 10.3 Å². The van der Waals surface area contributed by atoms with E-state index in [2.05, 4.69) is 31.1 Å². The lowest BCUT2D eigenvalue weighted by Crippen LogP contribution is -2.23. The van der Waals surface area contributed by atoms with Gasteiger partial charge in [0, 0.05) is 17.1 Å². The van der Waals surface area contributed by atoms with Crippen molar-refractivity contribution in [3.05, 3.63) is 16.1 Å². The van der Waals surface area contributed by atoms with E-state index in [-0.39, 0.29) is 0 Å². The minimum absolute atomic E-state index is 0.600. The Kier molecular flexibility index (Phi) is 4.39. The predicted molar refractivity (Wildman–Crippen MR) is 58.3 cm³/mol. The molecule has 1 aromatic heterocycles. The maximum absolute atomic E-state index is 4.23. The minimum Gasteiger partial charge on any atom is -0.315 e. The van der Waals surface area contributed by atoms with Gasteiger partial charge >= 0.3 is 0 Å². The number of aromatic nitrogens is 1. The largest absolute Gasteiger partial charge is 0.315 e. The average Bonchev–Trinajstić information content (AvgIpc) is 2.45. The first kappa shape index (κ1) is 10.7. The van der Waals surface area contributed by atoms with Gasteiger partial charge in [-0.15, -0.1) is 11.3 Å². The number of rotatable bonds is 5. The third kappa shape index (κ3) is 4.39. The highest BCUT2D eigenvalue weighted by atomic mass is 32.1. The smallest absolute Gasteiger partial charge is 0.0896 e. The van der Waals surface area contributed by atoms with Crippen LogP contribution in [0.15, 0.2) is 6.20 Å². The molecule has 13 heavy (non-hydrogen) atoms. The average molecular weight is 198 g/mol. The normalized spacial score (nSPS) is 11.1. The standard InChI is InChI=1S/C10H18N2S/c1-8(2)11-6-4-5-10-7-12-9(3)13-10/h7-8,11H,4-6H2,1-3H3. The van der Waals surface area contributed by atoms with E-state index in [4.69, 9.17) is 0 Å². The zero-order valence-corrected chi connectivity index (χ0v) is 9.45. The first-order chi connectivity index (χ1) is 6.18. The van der Waals surface area contributed by atoms with Crippen molar-refractivity contribution in [2.45, 2.75) is 39.7 Å². The second-order valence-corrected chi connectivity index (χ2v) is 4.88. The first-order valence-electron chi connectivity index (χ1n) is 4.83. The summed E-state index contributed by atoms with van der Waals surface area (Å²) in [5.74, 6) is 0. The van der Waals surface area contributed by atoms with Gasteiger partial charge in [-0.1, -0.05) is 13.8 Å². The van der Waals surface area contributed by atoms with E-state index in [0.29, 0.717) is 6.04 Å². The molecule has 0 aromatic carbocycles. The van der Waals surface area contributed by atoms with Gasteiger partial charge in [0.1, 0.15) is 0 Å². The van der Waals surface area contributed by atoms with Crippen LogP contribution in [0.25, 0.3) is 0 Å². The topological polar surface area (TPSA) is 24.9 Å². The van der Waals surface area contributed by atoms with Crippen LogP contribution in [-0.4, -0.2) is 17.6 Å². The highest BCUT2D eigenvalue weighted by Gasteiger charge is 1.98. The summed E-state index contributed by atoms with van der Waals surface area (Å²) in [6.45, 7) is 7.52. The molecular weight excluding hydrogens is 180 g/mol. The van der Waals surface area contributed by atoms with Crippen LogP contribution in [0.4, 0.5) is 0 Å². The molecule has 3 heteroatoms. The van der Waals surface area contributed by atoms with Crippen LogP contribution in [0, 0.1) is 6.92 Å². The second-order valence-electron chi connectivity index (χ2n) is 3.56. The van der Waals surface area contributed by atoms with Crippen LogP contribution in [0.3, 0.4) is 0 Å².